The Morgan fingerprint density at radius 2 is 1.91 bits per heavy atom. The molecule has 2 fully saturated rings. The molecule has 0 spiro atoms. The lowest BCUT2D eigenvalue weighted by Crippen LogP contribution is -2.39. The first-order valence-corrected chi connectivity index (χ1v) is 8.23. The van der Waals surface area contributed by atoms with Crippen LogP contribution in [0.15, 0.2) is 30.3 Å². The zero-order valence-corrected chi connectivity index (χ0v) is 12.7. The Hall–Kier alpha value is -1.72. The average molecular weight is 298 g/mol. The van der Waals surface area contributed by atoms with E-state index in [2.05, 4.69) is 27.2 Å². The van der Waals surface area contributed by atoms with Crippen molar-refractivity contribution in [3.8, 4) is 11.4 Å². The molecule has 0 radical (unpaired) electrons. The van der Waals surface area contributed by atoms with Crippen LogP contribution in [-0.4, -0.2) is 45.9 Å². The summed E-state index contributed by atoms with van der Waals surface area (Å²) < 4.78 is 5.50. The van der Waals surface area contributed by atoms with E-state index in [0.29, 0.717) is 12.1 Å². The monoisotopic (exact) mass is 298 g/mol. The van der Waals surface area contributed by atoms with Crippen LogP contribution in [0.4, 0.5) is 0 Å². The summed E-state index contributed by atoms with van der Waals surface area (Å²) in [6.45, 7) is 2.94. The largest absolute Gasteiger partial charge is 0.381 e. The lowest BCUT2D eigenvalue weighted by Gasteiger charge is -2.34. The normalized spacial score (nSPS) is 23.9. The van der Waals surface area contributed by atoms with Crippen molar-refractivity contribution in [2.45, 2.75) is 37.8 Å². The molecule has 3 heterocycles. The predicted octanol–water partition coefficient (Wildman–Crippen LogP) is 2.79. The average Bonchev–Trinajstić information content (AvgIpc) is 3.25. The van der Waals surface area contributed by atoms with Crippen LogP contribution in [0.3, 0.4) is 0 Å². The van der Waals surface area contributed by atoms with Gasteiger partial charge >= 0.3 is 0 Å². The topological polar surface area (TPSA) is 54.0 Å². The van der Waals surface area contributed by atoms with Gasteiger partial charge in [0.25, 0.3) is 0 Å². The molecule has 1 aromatic carbocycles. The highest BCUT2D eigenvalue weighted by atomic mass is 16.5. The van der Waals surface area contributed by atoms with E-state index in [0.717, 1.165) is 49.8 Å². The fourth-order valence-corrected chi connectivity index (χ4v) is 3.68. The zero-order valence-electron chi connectivity index (χ0n) is 12.7. The molecule has 1 N–H and O–H groups in total. The third-order valence-corrected chi connectivity index (χ3v) is 4.80. The van der Waals surface area contributed by atoms with Crippen molar-refractivity contribution in [1.82, 2.24) is 20.1 Å². The molecule has 1 aromatic heterocycles. The van der Waals surface area contributed by atoms with Crippen LogP contribution in [-0.2, 0) is 4.74 Å². The first-order chi connectivity index (χ1) is 10.9. The highest BCUT2D eigenvalue weighted by Gasteiger charge is 2.34. The summed E-state index contributed by atoms with van der Waals surface area (Å²) in [5, 5.41) is 7.60. The maximum Gasteiger partial charge on any atom is 0.181 e. The second kappa shape index (κ2) is 6.18. The van der Waals surface area contributed by atoms with Crippen molar-refractivity contribution in [2.75, 3.05) is 19.8 Å². The highest BCUT2D eigenvalue weighted by Crippen LogP contribution is 2.34. The number of hydrogen-bond donors (Lipinski definition) is 1. The van der Waals surface area contributed by atoms with Gasteiger partial charge in [0.05, 0.1) is 6.04 Å². The summed E-state index contributed by atoms with van der Waals surface area (Å²) in [4.78, 5) is 7.38. The third-order valence-electron chi connectivity index (χ3n) is 4.80. The number of hydrogen-bond acceptors (Lipinski definition) is 4. The van der Waals surface area contributed by atoms with E-state index in [4.69, 9.17) is 9.72 Å². The lowest BCUT2D eigenvalue weighted by atomic mass is 10.1. The molecule has 0 amide bonds. The first-order valence-electron chi connectivity index (χ1n) is 8.23. The van der Waals surface area contributed by atoms with Crippen molar-refractivity contribution in [3.63, 3.8) is 0 Å². The number of H-pyrrole nitrogens is 1. The Morgan fingerprint density at radius 3 is 2.73 bits per heavy atom. The Kier molecular flexibility index (Phi) is 3.91. The zero-order chi connectivity index (χ0) is 14.8. The van der Waals surface area contributed by atoms with Gasteiger partial charge < -0.3 is 4.74 Å². The summed E-state index contributed by atoms with van der Waals surface area (Å²) in [6.07, 6.45) is 4.68. The molecular formula is C17H22N4O. The number of nitrogens with zero attached hydrogens (tertiary/aromatic N) is 3. The van der Waals surface area contributed by atoms with Crippen molar-refractivity contribution < 1.29 is 4.74 Å². The van der Waals surface area contributed by atoms with Gasteiger partial charge in [-0.1, -0.05) is 30.3 Å². The van der Waals surface area contributed by atoms with Gasteiger partial charge in [-0.3, -0.25) is 10.00 Å². The molecule has 0 saturated carbocycles. The minimum Gasteiger partial charge on any atom is -0.381 e. The van der Waals surface area contributed by atoms with E-state index in [-0.39, 0.29) is 0 Å². The predicted molar refractivity (Wildman–Crippen MR) is 84.3 cm³/mol. The second-order valence-electron chi connectivity index (χ2n) is 6.15. The number of aromatic amines is 1. The standard InChI is InChI=1S/C17H22N4O/c1-2-5-13(6-3-1)16-18-17(20-19-16)15-7-4-10-21(15)14-8-11-22-12-9-14/h1-3,5-6,14-15H,4,7-12H2,(H,18,19,20)/t15-/m0/s1. The first kappa shape index (κ1) is 13.9. The van der Waals surface area contributed by atoms with Crippen molar-refractivity contribution >= 4 is 0 Å². The van der Waals surface area contributed by atoms with E-state index >= 15 is 0 Å². The quantitative estimate of drug-likeness (QED) is 0.946. The van der Waals surface area contributed by atoms with Gasteiger partial charge in [0.1, 0.15) is 5.82 Å². The van der Waals surface area contributed by atoms with Crippen LogP contribution >= 0.6 is 0 Å². The summed E-state index contributed by atoms with van der Waals surface area (Å²) in [6, 6.07) is 11.2. The van der Waals surface area contributed by atoms with Gasteiger partial charge in [-0.2, -0.15) is 5.10 Å². The van der Waals surface area contributed by atoms with Crippen LogP contribution in [0.25, 0.3) is 11.4 Å². The molecule has 5 heteroatoms. The Labute approximate surface area is 130 Å². The molecule has 0 unspecified atom stereocenters. The van der Waals surface area contributed by atoms with Crippen molar-refractivity contribution in [3.05, 3.63) is 36.2 Å². The Balaban J connectivity index is 1.54. The number of benzene rings is 1. The Bertz CT molecular complexity index is 606. The Morgan fingerprint density at radius 1 is 1.09 bits per heavy atom. The minimum absolute atomic E-state index is 0.382. The number of nitrogens with one attached hydrogen (secondary N) is 1. The third kappa shape index (κ3) is 2.66. The molecule has 0 bridgehead atoms. The summed E-state index contributed by atoms with van der Waals surface area (Å²) in [7, 11) is 0. The molecule has 1 atom stereocenters. The van der Waals surface area contributed by atoms with E-state index in [1.54, 1.807) is 0 Å². The molecule has 2 saturated heterocycles. The van der Waals surface area contributed by atoms with E-state index < -0.39 is 0 Å². The molecule has 4 rings (SSSR count). The number of aromatic nitrogens is 3. The van der Waals surface area contributed by atoms with Gasteiger partial charge in [-0.15, -0.1) is 0 Å². The molecule has 2 aliphatic rings. The molecule has 116 valence electrons. The van der Waals surface area contributed by atoms with Gasteiger partial charge in [0.2, 0.25) is 0 Å². The molecule has 5 nitrogen and oxygen atoms in total. The van der Waals surface area contributed by atoms with E-state index in [9.17, 15) is 0 Å². The van der Waals surface area contributed by atoms with Crippen LogP contribution < -0.4 is 0 Å². The molecule has 2 aliphatic heterocycles. The number of ether oxygens (including phenoxy) is 1. The summed E-state index contributed by atoms with van der Waals surface area (Å²) >= 11 is 0. The van der Waals surface area contributed by atoms with Gasteiger partial charge in [0.15, 0.2) is 5.82 Å². The summed E-state index contributed by atoms with van der Waals surface area (Å²) in [5.41, 5.74) is 1.07. The van der Waals surface area contributed by atoms with Crippen LogP contribution in [0.1, 0.15) is 37.5 Å². The van der Waals surface area contributed by atoms with E-state index in [1.807, 2.05) is 18.2 Å². The summed E-state index contributed by atoms with van der Waals surface area (Å²) in [5.74, 6) is 1.82. The van der Waals surface area contributed by atoms with Crippen LogP contribution in [0.2, 0.25) is 0 Å². The van der Waals surface area contributed by atoms with Gasteiger partial charge in [-0.25, -0.2) is 4.98 Å². The van der Waals surface area contributed by atoms with Crippen LogP contribution in [0.5, 0.6) is 0 Å². The lowest BCUT2D eigenvalue weighted by molar-refractivity contribution is 0.0279. The fraction of sp³-hybridized carbons (Fsp3) is 0.529. The molecule has 22 heavy (non-hydrogen) atoms. The number of likely N-dealkylation sites (tertiary alicyclic amines) is 1. The molecular weight excluding hydrogens is 276 g/mol. The SMILES string of the molecule is c1ccc(-c2n[nH]c([C@@H]3CCCN3C3CCOCC3)n2)cc1. The second-order valence-corrected chi connectivity index (χ2v) is 6.15. The van der Waals surface area contributed by atoms with Crippen LogP contribution in [0, 0.1) is 0 Å². The van der Waals surface area contributed by atoms with Crippen molar-refractivity contribution in [2.24, 2.45) is 0 Å². The smallest absolute Gasteiger partial charge is 0.181 e. The fourth-order valence-electron chi connectivity index (χ4n) is 3.68. The highest BCUT2D eigenvalue weighted by molar-refractivity contribution is 5.53. The minimum atomic E-state index is 0.382. The maximum atomic E-state index is 5.50. The van der Waals surface area contributed by atoms with E-state index in [1.165, 1.54) is 12.8 Å². The van der Waals surface area contributed by atoms with Gasteiger partial charge in [-0.05, 0) is 32.2 Å². The molecule has 2 aromatic rings. The maximum absolute atomic E-state index is 5.50. The van der Waals surface area contributed by atoms with Gasteiger partial charge in [0, 0.05) is 24.8 Å². The number of rotatable bonds is 3. The van der Waals surface area contributed by atoms with Crippen molar-refractivity contribution in [1.29, 1.82) is 0 Å². The molecule has 0 aliphatic carbocycles.